The molecule has 0 atom stereocenters. The summed E-state index contributed by atoms with van der Waals surface area (Å²) in [5, 5.41) is 6.70. The maximum absolute atomic E-state index is 11.8. The van der Waals surface area contributed by atoms with E-state index in [1.165, 1.54) is 0 Å². The van der Waals surface area contributed by atoms with Crippen LogP contribution < -0.4 is 10.6 Å². The molecule has 0 aromatic heterocycles. The van der Waals surface area contributed by atoms with Gasteiger partial charge in [-0.15, -0.1) is 0 Å². The summed E-state index contributed by atoms with van der Waals surface area (Å²) in [6.07, 6.45) is 0. The minimum absolute atomic E-state index is 0.105. The average molecular weight is 388 g/mol. The molecule has 110 valence electrons. The first-order valence-electron chi connectivity index (χ1n) is 6.25. The molecule has 0 radical (unpaired) electrons. The molecule has 0 saturated carbocycles. The van der Waals surface area contributed by atoms with Gasteiger partial charge in [-0.25, -0.2) is 0 Å². The molecule has 0 aliphatic rings. The number of hydrogen-bond acceptors (Lipinski definition) is 2. The van der Waals surface area contributed by atoms with Crippen LogP contribution in [0, 0.1) is 0 Å². The first kappa shape index (κ1) is 16.1. The standard InChI is InChI=1S/C15H13BrCl2N2O/c16-11-6-12(17)15(13(18)7-11)20-9-14(21)19-8-10-4-2-1-3-5-10/h1-7,20H,8-9H2,(H,19,21). The Labute approximate surface area is 141 Å². The SMILES string of the molecule is O=C(CNc1c(Cl)cc(Br)cc1Cl)NCc1ccccc1. The molecule has 0 aliphatic heterocycles. The summed E-state index contributed by atoms with van der Waals surface area (Å²) >= 11 is 15.5. The van der Waals surface area contributed by atoms with Crippen molar-refractivity contribution < 1.29 is 4.79 Å². The zero-order valence-electron chi connectivity index (χ0n) is 11.0. The summed E-state index contributed by atoms with van der Waals surface area (Å²) in [5.74, 6) is -0.131. The van der Waals surface area contributed by atoms with E-state index in [9.17, 15) is 4.79 Å². The highest BCUT2D eigenvalue weighted by Crippen LogP contribution is 2.33. The van der Waals surface area contributed by atoms with Crippen molar-refractivity contribution in [3.05, 3.63) is 62.5 Å². The number of hydrogen-bond donors (Lipinski definition) is 2. The number of anilines is 1. The molecule has 0 heterocycles. The molecule has 1 amide bonds. The summed E-state index contributed by atoms with van der Waals surface area (Å²) in [6, 6.07) is 13.1. The van der Waals surface area contributed by atoms with Crippen LogP contribution in [-0.4, -0.2) is 12.5 Å². The Kier molecular flexibility index (Phi) is 5.91. The smallest absolute Gasteiger partial charge is 0.239 e. The molecular formula is C15H13BrCl2N2O. The van der Waals surface area contributed by atoms with E-state index in [0.717, 1.165) is 10.0 Å². The van der Waals surface area contributed by atoms with Gasteiger partial charge < -0.3 is 10.6 Å². The molecular weight excluding hydrogens is 375 g/mol. The van der Waals surface area contributed by atoms with Crippen molar-refractivity contribution in [1.82, 2.24) is 5.32 Å². The Hall–Kier alpha value is -1.23. The zero-order valence-corrected chi connectivity index (χ0v) is 14.1. The quantitative estimate of drug-likeness (QED) is 0.793. The third-order valence-electron chi connectivity index (χ3n) is 2.77. The third-order valence-corrected chi connectivity index (χ3v) is 3.82. The number of carbonyl (C=O) groups is 1. The Morgan fingerprint density at radius 1 is 1.10 bits per heavy atom. The van der Waals surface area contributed by atoms with Crippen molar-refractivity contribution in [2.24, 2.45) is 0 Å². The fraction of sp³-hybridized carbons (Fsp3) is 0.133. The molecule has 0 fully saturated rings. The minimum Gasteiger partial charge on any atom is -0.374 e. The van der Waals surface area contributed by atoms with Crippen molar-refractivity contribution in [1.29, 1.82) is 0 Å². The van der Waals surface area contributed by atoms with Gasteiger partial charge in [-0.3, -0.25) is 4.79 Å². The zero-order chi connectivity index (χ0) is 15.2. The number of carbonyl (C=O) groups excluding carboxylic acids is 1. The summed E-state index contributed by atoms with van der Waals surface area (Å²) < 4.78 is 0.788. The largest absolute Gasteiger partial charge is 0.374 e. The number of benzene rings is 2. The van der Waals surface area contributed by atoms with Crippen LogP contribution in [0.3, 0.4) is 0 Å². The predicted molar refractivity (Wildman–Crippen MR) is 90.9 cm³/mol. The van der Waals surface area contributed by atoms with Crippen molar-refractivity contribution in [3.63, 3.8) is 0 Å². The lowest BCUT2D eigenvalue weighted by atomic mass is 10.2. The molecule has 0 saturated heterocycles. The van der Waals surface area contributed by atoms with E-state index in [1.54, 1.807) is 12.1 Å². The molecule has 6 heteroatoms. The fourth-order valence-corrected chi connectivity index (χ4v) is 3.08. The topological polar surface area (TPSA) is 41.1 Å². The first-order valence-corrected chi connectivity index (χ1v) is 7.80. The first-order chi connectivity index (χ1) is 10.1. The number of rotatable bonds is 5. The molecule has 0 aliphatic carbocycles. The molecule has 0 spiro atoms. The Morgan fingerprint density at radius 2 is 1.71 bits per heavy atom. The minimum atomic E-state index is -0.131. The van der Waals surface area contributed by atoms with Crippen LogP contribution in [0.15, 0.2) is 46.9 Å². The maximum atomic E-state index is 11.8. The van der Waals surface area contributed by atoms with Gasteiger partial charge in [-0.2, -0.15) is 0 Å². The Morgan fingerprint density at radius 3 is 2.33 bits per heavy atom. The van der Waals surface area contributed by atoms with E-state index in [-0.39, 0.29) is 12.5 Å². The van der Waals surface area contributed by atoms with Crippen molar-refractivity contribution in [3.8, 4) is 0 Å². The van der Waals surface area contributed by atoms with E-state index in [4.69, 9.17) is 23.2 Å². The number of halogens is 3. The summed E-state index contributed by atoms with van der Waals surface area (Å²) in [7, 11) is 0. The van der Waals surface area contributed by atoms with Crippen LogP contribution in [0.4, 0.5) is 5.69 Å². The molecule has 21 heavy (non-hydrogen) atoms. The van der Waals surface area contributed by atoms with Gasteiger partial charge >= 0.3 is 0 Å². The van der Waals surface area contributed by atoms with Gasteiger partial charge in [0.1, 0.15) is 0 Å². The average Bonchev–Trinajstić information content (AvgIpc) is 2.45. The van der Waals surface area contributed by atoms with E-state index < -0.39 is 0 Å². The second-order valence-electron chi connectivity index (χ2n) is 4.36. The molecule has 3 nitrogen and oxygen atoms in total. The maximum Gasteiger partial charge on any atom is 0.239 e. The van der Waals surface area contributed by atoms with Gasteiger partial charge in [-0.1, -0.05) is 69.5 Å². The Bertz CT molecular complexity index is 612. The van der Waals surface area contributed by atoms with E-state index in [2.05, 4.69) is 26.6 Å². The van der Waals surface area contributed by atoms with Crippen LogP contribution in [0.2, 0.25) is 10.0 Å². The van der Waals surface area contributed by atoms with Gasteiger partial charge in [0.05, 0.1) is 22.3 Å². The second-order valence-corrected chi connectivity index (χ2v) is 6.09. The van der Waals surface area contributed by atoms with Gasteiger partial charge in [0, 0.05) is 11.0 Å². The lowest BCUT2D eigenvalue weighted by Gasteiger charge is -2.11. The monoisotopic (exact) mass is 386 g/mol. The predicted octanol–water partition coefficient (Wildman–Crippen LogP) is 4.48. The van der Waals surface area contributed by atoms with Crippen LogP contribution in [0.25, 0.3) is 0 Å². The highest BCUT2D eigenvalue weighted by atomic mass is 79.9. The fourth-order valence-electron chi connectivity index (χ4n) is 1.74. The van der Waals surface area contributed by atoms with Crippen molar-refractivity contribution >= 4 is 50.7 Å². The molecule has 2 aromatic carbocycles. The van der Waals surface area contributed by atoms with E-state index in [0.29, 0.717) is 22.3 Å². The van der Waals surface area contributed by atoms with Crippen molar-refractivity contribution in [2.75, 3.05) is 11.9 Å². The molecule has 0 bridgehead atoms. The summed E-state index contributed by atoms with van der Waals surface area (Å²) in [6.45, 7) is 0.594. The highest BCUT2D eigenvalue weighted by Gasteiger charge is 2.09. The second kappa shape index (κ2) is 7.69. The number of amides is 1. The lowest BCUT2D eigenvalue weighted by Crippen LogP contribution is -2.29. The normalized spacial score (nSPS) is 10.2. The van der Waals surface area contributed by atoms with Crippen LogP contribution in [0.5, 0.6) is 0 Å². The molecule has 0 unspecified atom stereocenters. The van der Waals surface area contributed by atoms with Gasteiger partial charge in [0.15, 0.2) is 0 Å². The van der Waals surface area contributed by atoms with Crippen molar-refractivity contribution in [2.45, 2.75) is 6.54 Å². The van der Waals surface area contributed by atoms with Crippen LogP contribution in [0.1, 0.15) is 5.56 Å². The lowest BCUT2D eigenvalue weighted by molar-refractivity contribution is -0.119. The van der Waals surface area contributed by atoms with Gasteiger partial charge in [0.2, 0.25) is 5.91 Å². The van der Waals surface area contributed by atoms with E-state index >= 15 is 0 Å². The molecule has 2 N–H and O–H groups in total. The highest BCUT2D eigenvalue weighted by molar-refractivity contribution is 9.10. The Balaban J connectivity index is 1.87. The van der Waals surface area contributed by atoms with Crippen LogP contribution in [-0.2, 0) is 11.3 Å². The van der Waals surface area contributed by atoms with Gasteiger partial charge in [0.25, 0.3) is 0 Å². The summed E-state index contributed by atoms with van der Waals surface area (Å²) in [4.78, 5) is 11.8. The molecule has 2 rings (SSSR count). The van der Waals surface area contributed by atoms with Gasteiger partial charge in [-0.05, 0) is 17.7 Å². The van der Waals surface area contributed by atoms with Crippen LogP contribution >= 0.6 is 39.1 Å². The van der Waals surface area contributed by atoms with E-state index in [1.807, 2.05) is 30.3 Å². The summed E-state index contributed by atoms with van der Waals surface area (Å²) in [5.41, 5.74) is 1.60. The third kappa shape index (κ3) is 4.92. The number of nitrogens with one attached hydrogen (secondary N) is 2. The molecule has 2 aromatic rings.